The Morgan fingerprint density at radius 1 is 1.53 bits per heavy atom. The highest BCUT2D eigenvalue weighted by Gasteiger charge is 2.03. The SMILES string of the molecule is N#Cc1ncccc1Cn1cc(Cl)cn1. The van der Waals surface area contributed by atoms with Gasteiger partial charge >= 0.3 is 0 Å². The second-order valence-electron chi connectivity index (χ2n) is 2.98. The van der Waals surface area contributed by atoms with Gasteiger partial charge < -0.3 is 0 Å². The van der Waals surface area contributed by atoms with Crippen LogP contribution < -0.4 is 0 Å². The van der Waals surface area contributed by atoms with Crippen LogP contribution in [0.2, 0.25) is 5.02 Å². The van der Waals surface area contributed by atoms with Gasteiger partial charge in [-0.25, -0.2) is 4.98 Å². The van der Waals surface area contributed by atoms with Gasteiger partial charge in [-0.3, -0.25) is 4.68 Å². The van der Waals surface area contributed by atoms with E-state index in [1.807, 2.05) is 12.1 Å². The Morgan fingerprint density at radius 3 is 3.07 bits per heavy atom. The molecule has 0 aliphatic rings. The lowest BCUT2D eigenvalue weighted by atomic mass is 10.2. The molecule has 2 heterocycles. The summed E-state index contributed by atoms with van der Waals surface area (Å²) in [5, 5.41) is 13.4. The number of nitrogens with zero attached hydrogens (tertiary/aromatic N) is 4. The van der Waals surface area contributed by atoms with Crippen LogP contribution in [0.15, 0.2) is 30.7 Å². The molecule has 4 nitrogen and oxygen atoms in total. The number of halogens is 1. The van der Waals surface area contributed by atoms with E-state index in [-0.39, 0.29) is 0 Å². The molecule has 0 aliphatic carbocycles. The largest absolute Gasteiger partial charge is 0.267 e. The molecule has 0 amide bonds. The zero-order valence-electron chi connectivity index (χ0n) is 7.76. The molecule has 0 atom stereocenters. The zero-order valence-corrected chi connectivity index (χ0v) is 8.52. The van der Waals surface area contributed by atoms with Gasteiger partial charge in [0.05, 0.1) is 17.8 Å². The predicted octanol–water partition coefficient (Wildman–Crippen LogP) is 1.85. The number of pyridine rings is 1. The molecule has 5 heteroatoms. The van der Waals surface area contributed by atoms with Crippen molar-refractivity contribution in [2.75, 3.05) is 0 Å². The minimum absolute atomic E-state index is 0.420. The lowest BCUT2D eigenvalue weighted by Crippen LogP contribution is -2.02. The minimum Gasteiger partial charge on any atom is -0.267 e. The zero-order chi connectivity index (χ0) is 10.7. The number of hydrogen-bond donors (Lipinski definition) is 0. The molecule has 2 rings (SSSR count). The van der Waals surface area contributed by atoms with Gasteiger partial charge in [-0.2, -0.15) is 10.4 Å². The molecule has 2 aromatic rings. The molecule has 0 radical (unpaired) electrons. The molecule has 2 aromatic heterocycles. The van der Waals surface area contributed by atoms with Gasteiger partial charge in [0.2, 0.25) is 0 Å². The standard InChI is InChI=1S/C10H7ClN4/c11-9-5-14-15(7-9)6-8-2-1-3-13-10(8)4-12/h1-3,5,7H,6H2. The molecule has 0 spiro atoms. The fraction of sp³-hybridized carbons (Fsp3) is 0.100. The highest BCUT2D eigenvalue weighted by atomic mass is 35.5. The van der Waals surface area contributed by atoms with E-state index in [0.29, 0.717) is 17.3 Å². The Labute approximate surface area is 91.7 Å². The topological polar surface area (TPSA) is 54.5 Å². The van der Waals surface area contributed by atoms with E-state index >= 15 is 0 Å². The van der Waals surface area contributed by atoms with Crippen LogP contribution in [0.1, 0.15) is 11.3 Å². The average Bonchev–Trinajstić information content (AvgIpc) is 2.65. The van der Waals surface area contributed by atoms with Crippen molar-refractivity contribution >= 4 is 11.6 Å². The highest BCUT2D eigenvalue weighted by Crippen LogP contribution is 2.09. The van der Waals surface area contributed by atoms with Gasteiger partial charge in [0, 0.05) is 18.0 Å². The van der Waals surface area contributed by atoms with Crippen LogP contribution in [-0.4, -0.2) is 14.8 Å². The third kappa shape index (κ3) is 2.14. The number of nitriles is 1. The fourth-order valence-corrected chi connectivity index (χ4v) is 1.42. The summed E-state index contributed by atoms with van der Waals surface area (Å²) in [6.07, 6.45) is 4.86. The summed E-state index contributed by atoms with van der Waals surface area (Å²) in [5.41, 5.74) is 1.25. The Balaban J connectivity index is 2.28. The summed E-state index contributed by atoms with van der Waals surface area (Å²) in [5.74, 6) is 0. The van der Waals surface area contributed by atoms with E-state index in [1.54, 1.807) is 29.3 Å². The minimum atomic E-state index is 0.420. The Bertz CT molecular complexity index is 512. The summed E-state index contributed by atoms with van der Waals surface area (Å²) >= 11 is 5.74. The van der Waals surface area contributed by atoms with Gasteiger partial charge in [0.15, 0.2) is 0 Å². The lowest BCUT2D eigenvalue weighted by Gasteiger charge is -2.02. The average molecular weight is 219 g/mol. The second kappa shape index (κ2) is 4.11. The summed E-state index contributed by atoms with van der Waals surface area (Å²) in [7, 11) is 0. The fourth-order valence-electron chi connectivity index (χ4n) is 1.27. The molecular formula is C10H7ClN4. The first-order valence-corrected chi connectivity index (χ1v) is 4.69. The van der Waals surface area contributed by atoms with Crippen LogP contribution in [0.4, 0.5) is 0 Å². The van der Waals surface area contributed by atoms with Crippen molar-refractivity contribution < 1.29 is 0 Å². The molecule has 0 aromatic carbocycles. The van der Waals surface area contributed by atoms with Crippen LogP contribution in [0.5, 0.6) is 0 Å². The summed E-state index contributed by atoms with van der Waals surface area (Å²) in [4.78, 5) is 3.96. The van der Waals surface area contributed by atoms with Crippen molar-refractivity contribution in [3.05, 3.63) is 47.0 Å². The smallest absolute Gasteiger partial charge is 0.145 e. The van der Waals surface area contributed by atoms with E-state index in [1.165, 1.54) is 0 Å². The third-order valence-electron chi connectivity index (χ3n) is 1.93. The molecule has 0 bridgehead atoms. The van der Waals surface area contributed by atoms with Crippen molar-refractivity contribution in [3.8, 4) is 6.07 Å². The van der Waals surface area contributed by atoms with Crippen LogP contribution in [0, 0.1) is 11.3 Å². The third-order valence-corrected chi connectivity index (χ3v) is 2.13. The van der Waals surface area contributed by atoms with Crippen molar-refractivity contribution in [1.29, 1.82) is 5.26 Å². The lowest BCUT2D eigenvalue weighted by molar-refractivity contribution is 0.683. The quantitative estimate of drug-likeness (QED) is 0.773. The molecule has 0 unspecified atom stereocenters. The van der Waals surface area contributed by atoms with Crippen molar-refractivity contribution in [3.63, 3.8) is 0 Å². The van der Waals surface area contributed by atoms with Gasteiger partial charge in [-0.1, -0.05) is 17.7 Å². The maximum atomic E-state index is 8.83. The van der Waals surface area contributed by atoms with Crippen LogP contribution in [0.3, 0.4) is 0 Å². The Kier molecular flexibility index (Phi) is 2.66. The monoisotopic (exact) mass is 218 g/mol. The number of aromatic nitrogens is 3. The van der Waals surface area contributed by atoms with Gasteiger partial charge in [0.1, 0.15) is 11.8 Å². The molecule has 74 valence electrons. The first-order chi connectivity index (χ1) is 7.29. The van der Waals surface area contributed by atoms with Crippen LogP contribution in [0.25, 0.3) is 0 Å². The van der Waals surface area contributed by atoms with Gasteiger partial charge in [-0.05, 0) is 6.07 Å². The number of rotatable bonds is 2. The predicted molar refractivity (Wildman–Crippen MR) is 55.3 cm³/mol. The van der Waals surface area contributed by atoms with Crippen molar-refractivity contribution in [2.24, 2.45) is 0 Å². The maximum Gasteiger partial charge on any atom is 0.145 e. The first kappa shape index (κ1) is 9.69. The van der Waals surface area contributed by atoms with E-state index in [4.69, 9.17) is 16.9 Å². The van der Waals surface area contributed by atoms with E-state index in [2.05, 4.69) is 10.1 Å². The normalized spacial score (nSPS) is 9.87. The molecule has 0 saturated heterocycles. The Morgan fingerprint density at radius 2 is 2.40 bits per heavy atom. The van der Waals surface area contributed by atoms with E-state index in [9.17, 15) is 0 Å². The molecule has 0 saturated carbocycles. The summed E-state index contributed by atoms with van der Waals surface area (Å²) < 4.78 is 1.67. The summed E-state index contributed by atoms with van der Waals surface area (Å²) in [6.45, 7) is 0.503. The van der Waals surface area contributed by atoms with Crippen LogP contribution in [-0.2, 0) is 6.54 Å². The molecule has 15 heavy (non-hydrogen) atoms. The Hall–Kier alpha value is -1.86. The highest BCUT2D eigenvalue weighted by molar-refractivity contribution is 6.30. The molecule has 0 fully saturated rings. The maximum absolute atomic E-state index is 8.83. The molecular weight excluding hydrogens is 212 g/mol. The molecule has 0 N–H and O–H groups in total. The summed E-state index contributed by atoms with van der Waals surface area (Å²) in [6, 6.07) is 5.68. The first-order valence-electron chi connectivity index (χ1n) is 4.31. The van der Waals surface area contributed by atoms with E-state index in [0.717, 1.165) is 5.56 Å². The van der Waals surface area contributed by atoms with Crippen LogP contribution >= 0.6 is 11.6 Å². The van der Waals surface area contributed by atoms with E-state index < -0.39 is 0 Å². The number of hydrogen-bond acceptors (Lipinski definition) is 3. The molecule has 0 aliphatic heterocycles. The second-order valence-corrected chi connectivity index (χ2v) is 3.42. The van der Waals surface area contributed by atoms with Crippen molar-refractivity contribution in [2.45, 2.75) is 6.54 Å². The van der Waals surface area contributed by atoms with Gasteiger partial charge in [-0.15, -0.1) is 0 Å². The van der Waals surface area contributed by atoms with Gasteiger partial charge in [0.25, 0.3) is 0 Å². The van der Waals surface area contributed by atoms with Crippen molar-refractivity contribution in [1.82, 2.24) is 14.8 Å².